The minimum Gasteiger partial charge on any atom is -0.497 e. The number of nitrogens with one attached hydrogen (secondary N) is 1. The molecule has 1 N–H and O–H groups in total. The van der Waals surface area contributed by atoms with Gasteiger partial charge in [-0.3, -0.25) is 0 Å². The Balaban J connectivity index is 2.12. The van der Waals surface area contributed by atoms with Crippen molar-refractivity contribution in [1.82, 2.24) is 0 Å². The Bertz CT molecular complexity index is 397. The first-order valence-electron chi connectivity index (χ1n) is 6.34. The first kappa shape index (κ1) is 13.4. The highest BCUT2D eigenvalue weighted by Gasteiger charge is 2.22. The summed E-state index contributed by atoms with van der Waals surface area (Å²) in [4.78, 5) is 0. The number of ether oxygens (including phenoxy) is 2. The van der Waals surface area contributed by atoms with E-state index in [9.17, 15) is 0 Å². The highest BCUT2D eigenvalue weighted by atomic mass is 32.2. The molecule has 0 spiro atoms. The van der Waals surface area contributed by atoms with Gasteiger partial charge in [0.25, 0.3) is 0 Å². The standard InChI is InChI=1S/C14H21NO2S/c1-10-12(5-4-8-18-10)15-13-7-6-11(16-2)9-14(13)17-3/h6-7,9-10,12,15H,4-5,8H2,1-3H3. The Kier molecular flexibility index (Phi) is 4.64. The fraction of sp³-hybridized carbons (Fsp3) is 0.571. The molecule has 18 heavy (non-hydrogen) atoms. The molecule has 0 amide bonds. The number of benzene rings is 1. The Morgan fingerprint density at radius 3 is 2.78 bits per heavy atom. The quantitative estimate of drug-likeness (QED) is 0.905. The van der Waals surface area contributed by atoms with E-state index in [4.69, 9.17) is 9.47 Å². The SMILES string of the molecule is COc1ccc(NC2CCCSC2C)c(OC)c1. The van der Waals surface area contributed by atoms with Gasteiger partial charge in [-0.15, -0.1) is 0 Å². The zero-order valence-electron chi connectivity index (χ0n) is 11.2. The molecule has 0 aliphatic carbocycles. The number of thioether (sulfide) groups is 1. The predicted molar refractivity (Wildman–Crippen MR) is 78.1 cm³/mol. The molecule has 3 nitrogen and oxygen atoms in total. The van der Waals surface area contributed by atoms with E-state index >= 15 is 0 Å². The van der Waals surface area contributed by atoms with Crippen molar-refractivity contribution in [2.45, 2.75) is 31.1 Å². The van der Waals surface area contributed by atoms with Gasteiger partial charge >= 0.3 is 0 Å². The summed E-state index contributed by atoms with van der Waals surface area (Å²) in [5, 5.41) is 4.24. The second-order valence-electron chi connectivity index (χ2n) is 4.54. The van der Waals surface area contributed by atoms with E-state index < -0.39 is 0 Å². The lowest BCUT2D eigenvalue weighted by atomic mass is 10.1. The molecule has 100 valence electrons. The molecule has 1 aromatic rings. The lowest BCUT2D eigenvalue weighted by Crippen LogP contribution is -2.32. The smallest absolute Gasteiger partial charge is 0.145 e. The molecule has 2 unspecified atom stereocenters. The topological polar surface area (TPSA) is 30.5 Å². The van der Waals surface area contributed by atoms with E-state index in [1.807, 2.05) is 30.0 Å². The number of methoxy groups -OCH3 is 2. The minimum atomic E-state index is 0.519. The van der Waals surface area contributed by atoms with Gasteiger partial charge < -0.3 is 14.8 Å². The zero-order chi connectivity index (χ0) is 13.0. The molecule has 0 aromatic heterocycles. The number of anilines is 1. The second-order valence-corrected chi connectivity index (χ2v) is 6.02. The molecule has 1 fully saturated rings. The fourth-order valence-corrected chi connectivity index (χ4v) is 3.37. The molecular weight excluding hydrogens is 246 g/mol. The van der Waals surface area contributed by atoms with Crippen LogP contribution in [-0.4, -0.2) is 31.3 Å². The summed E-state index contributed by atoms with van der Waals surface area (Å²) in [6, 6.07) is 6.43. The molecule has 0 radical (unpaired) electrons. The third-order valence-electron chi connectivity index (χ3n) is 3.36. The van der Waals surface area contributed by atoms with Gasteiger partial charge in [0.15, 0.2) is 0 Å². The van der Waals surface area contributed by atoms with Crippen LogP contribution in [0.5, 0.6) is 11.5 Å². The van der Waals surface area contributed by atoms with E-state index in [1.54, 1.807) is 14.2 Å². The maximum atomic E-state index is 5.42. The maximum Gasteiger partial charge on any atom is 0.145 e. The minimum absolute atomic E-state index is 0.519. The van der Waals surface area contributed by atoms with Gasteiger partial charge in [-0.1, -0.05) is 6.92 Å². The fourth-order valence-electron chi connectivity index (χ4n) is 2.23. The molecule has 4 heteroatoms. The van der Waals surface area contributed by atoms with Crippen molar-refractivity contribution in [3.8, 4) is 11.5 Å². The van der Waals surface area contributed by atoms with Crippen LogP contribution in [0.4, 0.5) is 5.69 Å². The Morgan fingerprint density at radius 2 is 2.11 bits per heavy atom. The summed E-state index contributed by atoms with van der Waals surface area (Å²) in [5.74, 6) is 2.94. The van der Waals surface area contributed by atoms with Crippen molar-refractivity contribution in [3.05, 3.63) is 18.2 Å². The van der Waals surface area contributed by atoms with Crippen LogP contribution in [0.1, 0.15) is 19.8 Å². The van der Waals surface area contributed by atoms with Crippen LogP contribution < -0.4 is 14.8 Å². The van der Waals surface area contributed by atoms with Crippen LogP contribution in [0.2, 0.25) is 0 Å². The van der Waals surface area contributed by atoms with Gasteiger partial charge in [0.1, 0.15) is 11.5 Å². The number of rotatable bonds is 4. The number of hydrogen-bond acceptors (Lipinski definition) is 4. The molecule has 0 bridgehead atoms. The van der Waals surface area contributed by atoms with Crippen LogP contribution in [0, 0.1) is 0 Å². The third-order valence-corrected chi connectivity index (χ3v) is 4.74. The molecule has 1 saturated heterocycles. The summed E-state index contributed by atoms with van der Waals surface area (Å²) < 4.78 is 10.6. The largest absolute Gasteiger partial charge is 0.497 e. The molecular formula is C14H21NO2S. The molecule has 1 heterocycles. The van der Waals surface area contributed by atoms with Crippen LogP contribution in [0.3, 0.4) is 0 Å². The van der Waals surface area contributed by atoms with Crippen molar-refractivity contribution in [1.29, 1.82) is 0 Å². The van der Waals surface area contributed by atoms with Crippen molar-refractivity contribution in [3.63, 3.8) is 0 Å². The predicted octanol–water partition coefficient (Wildman–Crippen LogP) is 3.40. The van der Waals surface area contributed by atoms with Gasteiger partial charge in [-0.05, 0) is 30.7 Å². The zero-order valence-corrected chi connectivity index (χ0v) is 12.0. The molecule has 2 rings (SSSR count). The van der Waals surface area contributed by atoms with E-state index in [2.05, 4.69) is 12.2 Å². The van der Waals surface area contributed by atoms with Crippen molar-refractivity contribution >= 4 is 17.4 Å². The summed E-state index contributed by atoms with van der Waals surface area (Å²) in [6.07, 6.45) is 2.51. The first-order valence-corrected chi connectivity index (χ1v) is 7.39. The summed E-state index contributed by atoms with van der Waals surface area (Å²) in [6.45, 7) is 2.29. The summed E-state index contributed by atoms with van der Waals surface area (Å²) in [5.41, 5.74) is 1.05. The van der Waals surface area contributed by atoms with Gasteiger partial charge in [-0.25, -0.2) is 0 Å². The van der Waals surface area contributed by atoms with Gasteiger partial charge in [-0.2, -0.15) is 11.8 Å². The third kappa shape index (κ3) is 3.05. The summed E-state index contributed by atoms with van der Waals surface area (Å²) in [7, 11) is 3.36. The Labute approximate surface area is 113 Å². The summed E-state index contributed by atoms with van der Waals surface area (Å²) >= 11 is 2.04. The highest BCUT2D eigenvalue weighted by Crippen LogP contribution is 2.33. The molecule has 0 saturated carbocycles. The van der Waals surface area contributed by atoms with Crippen LogP contribution in [0.15, 0.2) is 18.2 Å². The van der Waals surface area contributed by atoms with Crippen molar-refractivity contribution in [2.75, 3.05) is 25.3 Å². The van der Waals surface area contributed by atoms with Gasteiger partial charge in [0.2, 0.25) is 0 Å². The normalized spacial score (nSPS) is 23.5. The Morgan fingerprint density at radius 1 is 1.28 bits per heavy atom. The van der Waals surface area contributed by atoms with E-state index in [0.29, 0.717) is 11.3 Å². The Hall–Kier alpha value is -1.03. The van der Waals surface area contributed by atoms with E-state index in [-0.39, 0.29) is 0 Å². The lowest BCUT2D eigenvalue weighted by Gasteiger charge is -2.30. The van der Waals surface area contributed by atoms with Crippen LogP contribution in [0.25, 0.3) is 0 Å². The van der Waals surface area contributed by atoms with E-state index in [0.717, 1.165) is 17.2 Å². The van der Waals surface area contributed by atoms with Crippen molar-refractivity contribution in [2.24, 2.45) is 0 Å². The van der Waals surface area contributed by atoms with Crippen molar-refractivity contribution < 1.29 is 9.47 Å². The van der Waals surface area contributed by atoms with E-state index in [1.165, 1.54) is 18.6 Å². The highest BCUT2D eigenvalue weighted by molar-refractivity contribution is 8.00. The van der Waals surface area contributed by atoms with Crippen LogP contribution in [-0.2, 0) is 0 Å². The average Bonchev–Trinajstić information content (AvgIpc) is 2.41. The lowest BCUT2D eigenvalue weighted by molar-refractivity contribution is 0.395. The molecule has 2 atom stereocenters. The maximum absolute atomic E-state index is 5.42. The first-order chi connectivity index (χ1) is 8.74. The molecule has 1 aromatic carbocycles. The average molecular weight is 267 g/mol. The molecule has 1 aliphatic heterocycles. The van der Waals surface area contributed by atoms with Gasteiger partial charge in [0, 0.05) is 17.4 Å². The van der Waals surface area contributed by atoms with Gasteiger partial charge in [0.05, 0.1) is 19.9 Å². The second kappa shape index (κ2) is 6.23. The molecule has 1 aliphatic rings. The van der Waals surface area contributed by atoms with Crippen LogP contribution >= 0.6 is 11.8 Å². The number of hydrogen-bond donors (Lipinski definition) is 1. The monoisotopic (exact) mass is 267 g/mol.